The van der Waals surface area contributed by atoms with Crippen LogP contribution in [0.3, 0.4) is 0 Å². The number of benzene rings is 1. The van der Waals surface area contributed by atoms with Crippen LogP contribution in [0.5, 0.6) is 0 Å². The molecule has 0 unspecified atom stereocenters. The highest BCUT2D eigenvalue weighted by Gasteiger charge is 1.88. The quantitative estimate of drug-likeness (QED) is 0.434. The molecule has 1 rings (SSSR count). The molecule has 0 spiro atoms. The van der Waals surface area contributed by atoms with Gasteiger partial charge in [-0.2, -0.15) is 0 Å². The van der Waals surface area contributed by atoms with E-state index in [2.05, 4.69) is 21.1 Å². The molecule has 1 aromatic carbocycles. The topological polar surface area (TPSA) is 65.8 Å². The number of hydrogen-bond donors (Lipinski definition) is 2. The zero-order chi connectivity index (χ0) is 10.9. The van der Waals surface area contributed by atoms with E-state index >= 15 is 0 Å². The minimum atomic E-state index is -0.0446. The van der Waals surface area contributed by atoms with Crippen LogP contribution in [0.2, 0.25) is 0 Å². The van der Waals surface area contributed by atoms with E-state index in [0.29, 0.717) is 13.1 Å². The molecule has 0 saturated carbocycles. The number of amides is 1. The van der Waals surface area contributed by atoms with E-state index in [1.807, 2.05) is 30.3 Å². The highest BCUT2D eigenvalue weighted by Crippen LogP contribution is 2.08. The number of carbonyl (C=O) groups is 1. The fourth-order valence-corrected chi connectivity index (χ4v) is 0.932. The van der Waals surface area contributed by atoms with E-state index in [9.17, 15) is 4.79 Å². The fourth-order valence-electron chi connectivity index (χ4n) is 0.932. The van der Waals surface area contributed by atoms with E-state index in [1.54, 1.807) is 0 Å². The van der Waals surface area contributed by atoms with E-state index < -0.39 is 0 Å². The molecule has 2 N–H and O–H groups in total. The van der Waals surface area contributed by atoms with Gasteiger partial charge in [0.1, 0.15) is 0 Å². The third-order valence-corrected chi connectivity index (χ3v) is 1.60. The first-order chi connectivity index (χ1) is 7.29. The number of carbonyl (C=O) groups excluding carboxylic acids is 1. The van der Waals surface area contributed by atoms with Gasteiger partial charge in [0.25, 0.3) is 0 Å². The smallest absolute Gasteiger partial charge is 0.216 e. The molecule has 1 aromatic rings. The molecular formula is C10H14N4O. The lowest BCUT2D eigenvalue weighted by Crippen LogP contribution is -2.27. The zero-order valence-corrected chi connectivity index (χ0v) is 8.60. The molecule has 15 heavy (non-hydrogen) atoms. The highest BCUT2D eigenvalue weighted by molar-refractivity contribution is 5.72. The Balaban J connectivity index is 2.15. The molecule has 0 aromatic heterocycles. The third kappa shape index (κ3) is 5.41. The summed E-state index contributed by atoms with van der Waals surface area (Å²) in [6.07, 6.45) is 0. The van der Waals surface area contributed by atoms with Crippen LogP contribution in [0.4, 0.5) is 5.69 Å². The summed E-state index contributed by atoms with van der Waals surface area (Å²) in [7, 11) is 0. The maximum Gasteiger partial charge on any atom is 0.216 e. The number of nitrogens with zero attached hydrogens (tertiary/aromatic N) is 2. The maximum atomic E-state index is 10.5. The summed E-state index contributed by atoms with van der Waals surface area (Å²) in [5.74, 6) is -0.0446. The molecule has 5 heteroatoms. The molecule has 0 aliphatic carbocycles. The van der Waals surface area contributed by atoms with Crippen LogP contribution in [0.1, 0.15) is 6.92 Å². The molecule has 5 nitrogen and oxygen atoms in total. The van der Waals surface area contributed by atoms with Crippen molar-refractivity contribution in [2.75, 3.05) is 13.1 Å². The zero-order valence-electron chi connectivity index (χ0n) is 8.60. The Morgan fingerprint density at radius 1 is 1.27 bits per heavy atom. The van der Waals surface area contributed by atoms with E-state index in [-0.39, 0.29) is 5.91 Å². The first kappa shape index (κ1) is 11.2. The third-order valence-electron chi connectivity index (χ3n) is 1.60. The molecule has 80 valence electrons. The molecule has 0 bridgehead atoms. The van der Waals surface area contributed by atoms with Crippen molar-refractivity contribution in [3.8, 4) is 0 Å². The van der Waals surface area contributed by atoms with Crippen molar-refractivity contribution in [2.45, 2.75) is 6.92 Å². The van der Waals surface area contributed by atoms with Crippen molar-refractivity contribution < 1.29 is 4.79 Å². The molecule has 0 radical (unpaired) electrons. The first-order valence-electron chi connectivity index (χ1n) is 4.72. The van der Waals surface area contributed by atoms with E-state index in [4.69, 9.17) is 0 Å². The van der Waals surface area contributed by atoms with Gasteiger partial charge in [-0.1, -0.05) is 23.4 Å². The Hall–Kier alpha value is -1.91. The van der Waals surface area contributed by atoms with Gasteiger partial charge in [0.2, 0.25) is 5.91 Å². The Morgan fingerprint density at radius 3 is 2.67 bits per heavy atom. The minimum absolute atomic E-state index is 0.0446. The predicted molar refractivity (Wildman–Crippen MR) is 57.6 cm³/mol. The van der Waals surface area contributed by atoms with Gasteiger partial charge in [-0.05, 0) is 12.1 Å². The van der Waals surface area contributed by atoms with Gasteiger partial charge in [0.15, 0.2) is 0 Å². The lowest BCUT2D eigenvalue weighted by Gasteiger charge is -1.99. The first-order valence-corrected chi connectivity index (χ1v) is 4.72. The molecule has 0 heterocycles. The van der Waals surface area contributed by atoms with Crippen LogP contribution < -0.4 is 10.7 Å². The predicted octanol–water partition coefficient (Wildman–Crippen LogP) is 1.41. The van der Waals surface area contributed by atoms with Crippen molar-refractivity contribution in [3.05, 3.63) is 30.3 Å². The summed E-state index contributed by atoms with van der Waals surface area (Å²) in [6, 6.07) is 9.43. The van der Waals surface area contributed by atoms with Gasteiger partial charge in [0.05, 0.1) is 12.2 Å². The van der Waals surface area contributed by atoms with Crippen LogP contribution in [0, 0.1) is 0 Å². The summed E-state index contributed by atoms with van der Waals surface area (Å²) in [6.45, 7) is 2.59. The van der Waals surface area contributed by atoms with Gasteiger partial charge in [0, 0.05) is 13.5 Å². The summed E-state index contributed by atoms with van der Waals surface area (Å²) >= 11 is 0. The summed E-state index contributed by atoms with van der Waals surface area (Å²) < 4.78 is 0. The van der Waals surface area contributed by atoms with Gasteiger partial charge in [-0.3, -0.25) is 10.2 Å². The van der Waals surface area contributed by atoms with E-state index in [1.165, 1.54) is 6.92 Å². The Kier molecular flexibility index (Phi) is 4.86. The number of rotatable bonds is 5. The SMILES string of the molecule is CC(=O)NCCN/N=N/c1ccccc1. The van der Waals surface area contributed by atoms with Crippen LogP contribution >= 0.6 is 0 Å². The molecule has 0 saturated heterocycles. The van der Waals surface area contributed by atoms with Crippen LogP contribution in [0.15, 0.2) is 40.7 Å². The Morgan fingerprint density at radius 2 is 2.00 bits per heavy atom. The molecule has 1 amide bonds. The molecule has 0 aliphatic heterocycles. The van der Waals surface area contributed by atoms with Crippen molar-refractivity contribution in [1.29, 1.82) is 0 Å². The average molecular weight is 206 g/mol. The van der Waals surface area contributed by atoms with Gasteiger partial charge < -0.3 is 5.32 Å². The lowest BCUT2D eigenvalue weighted by atomic mass is 10.3. The Bertz CT molecular complexity index is 323. The second kappa shape index (κ2) is 6.53. The molecule has 0 atom stereocenters. The second-order valence-corrected chi connectivity index (χ2v) is 2.93. The molecule has 0 fully saturated rings. The normalized spacial score (nSPS) is 10.2. The van der Waals surface area contributed by atoms with Crippen LogP contribution in [-0.4, -0.2) is 19.0 Å². The molecule has 0 aliphatic rings. The maximum absolute atomic E-state index is 10.5. The summed E-state index contributed by atoms with van der Waals surface area (Å²) in [5.41, 5.74) is 3.53. The van der Waals surface area contributed by atoms with Crippen molar-refractivity contribution in [1.82, 2.24) is 10.7 Å². The second-order valence-electron chi connectivity index (χ2n) is 2.93. The summed E-state index contributed by atoms with van der Waals surface area (Å²) in [5, 5.41) is 10.3. The number of hydrogen-bond acceptors (Lipinski definition) is 3. The monoisotopic (exact) mass is 206 g/mol. The van der Waals surface area contributed by atoms with Gasteiger partial charge in [-0.15, -0.1) is 5.11 Å². The fraction of sp³-hybridized carbons (Fsp3) is 0.300. The summed E-state index contributed by atoms with van der Waals surface area (Å²) in [4.78, 5) is 10.5. The number of nitrogens with one attached hydrogen (secondary N) is 2. The van der Waals surface area contributed by atoms with Gasteiger partial charge >= 0.3 is 0 Å². The largest absolute Gasteiger partial charge is 0.355 e. The molecular weight excluding hydrogens is 192 g/mol. The van der Waals surface area contributed by atoms with Crippen LogP contribution in [-0.2, 0) is 4.79 Å². The lowest BCUT2D eigenvalue weighted by molar-refractivity contribution is -0.118. The highest BCUT2D eigenvalue weighted by atomic mass is 16.1. The van der Waals surface area contributed by atoms with E-state index in [0.717, 1.165) is 5.69 Å². The van der Waals surface area contributed by atoms with Crippen molar-refractivity contribution >= 4 is 11.6 Å². The Labute approximate surface area is 88.6 Å². The van der Waals surface area contributed by atoms with Gasteiger partial charge in [-0.25, -0.2) is 0 Å². The van der Waals surface area contributed by atoms with Crippen molar-refractivity contribution in [3.63, 3.8) is 0 Å². The minimum Gasteiger partial charge on any atom is -0.355 e. The van der Waals surface area contributed by atoms with Crippen LogP contribution in [0.25, 0.3) is 0 Å². The standard InChI is InChI=1S/C10H14N4O/c1-9(15)11-7-8-12-14-13-10-5-3-2-4-6-10/h2-6H,7-8H2,1H3,(H,11,15)(H,12,13). The van der Waals surface area contributed by atoms with Crippen molar-refractivity contribution in [2.24, 2.45) is 10.3 Å². The average Bonchev–Trinajstić information content (AvgIpc) is 2.24.